The molecule has 0 saturated carbocycles. The summed E-state index contributed by atoms with van der Waals surface area (Å²) in [7, 11) is 0. The van der Waals surface area contributed by atoms with E-state index in [2.05, 4.69) is 6.92 Å². The van der Waals surface area contributed by atoms with E-state index >= 15 is 0 Å². The van der Waals surface area contributed by atoms with Gasteiger partial charge < -0.3 is 4.74 Å². The standard InChI is InChI=1S/C11H19O3/c1-3-4-6-11(9-12)7-5-8-14-10(2)13/h11H,3-8H2,1-2H3. The van der Waals surface area contributed by atoms with Crippen LogP contribution in [0.1, 0.15) is 46.0 Å². The maximum absolute atomic E-state index is 10.5. The summed E-state index contributed by atoms with van der Waals surface area (Å²) in [4.78, 5) is 20.9. The quantitative estimate of drug-likeness (QED) is 0.445. The average molecular weight is 199 g/mol. The van der Waals surface area contributed by atoms with Gasteiger partial charge in [-0.1, -0.05) is 19.8 Å². The van der Waals surface area contributed by atoms with Crippen molar-refractivity contribution in [3.05, 3.63) is 0 Å². The van der Waals surface area contributed by atoms with Gasteiger partial charge in [0, 0.05) is 12.8 Å². The van der Waals surface area contributed by atoms with Crippen LogP contribution in [0.25, 0.3) is 0 Å². The SMILES string of the molecule is CCCCC([C]=O)CCCOC(C)=O. The summed E-state index contributed by atoms with van der Waals surface area (Å²) in [6.07, 6.45) is 6.63. The topological polar surface area (TPSA) is 43.4 Å². The second-order valence-corrected chi connectivity index (χ2v) is 3.44. The molecule has 0 aliphatic heterocycles. The van der Waals surface area contributed by atoms with Gasteiger partial charge in [-0.25, -0.2) is 0 Å². The molecule has 0 bridgehead atoms. The maximum atomic E-state index is 10.5. The van der Waals surface area contributed by atoms with E-state index < -0.39 is 0 Å². The summed E-state index contributed by atoms with van der Waals surface area (Å²) >= 11 is 0. The third-order valence-corrected chi connectivity index (χ3v) is 2.08. The van der Waals surface area contributed by atoms with Gasteiger partial charge in [-0.15, -0.1) is 0 Å². The Bertz CT molecular complexity index is 166. The second-order valence-electron chi connectivity index (χ2n) is 3.44. The first-order valence-corrected chi connectivity index (χ1v) is 5.21. The molecule has 1 radical (unpaired) electrons. The number of ether oxygens (including phenoxy) is 1. The van der Waals surface area contributed by atoms with Crippen LogP contribution in [-0.2, 0) is 14.3 Å². The van der Waals surface area contributed by atoms with Crippen molar-refractivity contribution >= 4 is 12.3 Å². The summed E-state index contributed by atoms with van der Waals surface area (Å²) in [6, 6.07) is 0. The monoisotopic (exact) mass is 199 g/mol. The van der Waals surface area contributed by atoms with Gasteiger partial charge in [0.25, 0.3) is 0 Å². The lowest BCUT2D eigenvalue weighted by Gasteiger charge is -2.07. The Labute approximate surface area is 85.8 Å². The van der Waals surface area contributed by atoms with Gasteiger partial charge >= 0.3 is 5.97 Å². The van der Waals surface area contributed by atoms with Crippen LogP contribution in [0.3, 0.4) is 0 Å². The van der Waals surface area contributed by atoms with E-state index in [1.807, 2.05) is 6.29 Å². The van der Waals surface area contributed by atoms with Crippen molar-refractivity contribution in [3.63, 3.8) is 0 Å². The molecule has 0 fully saturated rings. The van der Waals surface area contributed by atoms with Crippen molar-refractivity contribution in [1.82, 2.24) is 0 Å². The number of hydrogen-bond donors (Lipinski definition) is 0. The highest BCUT2D eigenvalue weighted by Crippen LogP contribution is 2.12. The van der Waals surface area contributed by atoms with E-state index in [1.165, 1.54) is 6.92 Å². The van der Waals surface area contributed by atoms with E-state index in [0.29, 0.717) is 6.61 Å². The van der Waals surface area contributed by atoms with Crippen LogP contribution in [0, 0.1) is 5.92 Å². The molecule has 14 heavy (non-hydrogen) atoms. The summed E-state index contributed by atoms with van der Waals surface area (Å²) in [5, 5.41) is 0. The van der Waals surface area contributed by atoms with Crippen LogP contribution >= 0.6 is 0 Å². The lowest BCUT2D eigenvalue weighted by molar-refractivity contribution is -0.141. The predicted molar refractivity (Wildman–Crippen MR) is 54.6 cm³/mol. The Morgan fingerprint density at radius 2 is 2.00 bits per heavy atom. The normalized spacial score (nSPS) is 12.1. The smallest absolute Gasteiger partial charge is 0.302 e. The van der Waals surface area contributed by atoms with Crippen molar-refractivity contribution < 1.29 is 14.3 Å². The first-order chi connectivity index (χ1) is 6.70. The Balaban J connectivity index is 3.42. The minimum atomic E-state index is -0.259. The summed E-state index contributed by atoms with van der Waals surface area (Å²) < 4.78 is 4.77. The fourth-order valence-corrected chi connectivity index (χ4v) is 1.26. The second kappa shape index (κ2) is 8.73. The Hall–Kier alpha value is -0.860. The van der Waals surface area contributed by atoms with Crippen LogP contribution in [0.15, 0.2) is 0 Å². The molecule has 3 nitrogen and oxygen atoms in total. The van der Waals surface area contributed by atoms with Gasteiger partial charge in [0.15, 0.2) is 0 Å². The molecule has 81 valence electrons. The van der Waals surface area contributed by atoms with Gasteiger partial charge in [0.2, 0.25) is 6.29 Å². The molecule has 0 aromatic heterocycles. The molecule has 0 aliphatic rings. The van der Waals surface area contributed by atoms with Crippen LogP contribution in [0.5, 0.6) is 0 Å². The number of hydrogen-bond acceptors (Lipinski definition) is 3. The predicted octanol–water partition coefficient (Wildman–Crippen LogP) is 2.25. The summed E-state index contributed by atoms with van der Waals surface area (Å²) in [5.41, 5.74) is 0. The highest BCUT2D eigenvalue weighted by molar-refractivity contribution is 5.65. The molecular weight excluding hydrogens is 180 g/mol. The molecule has 3 heteroatoms. The molecule has 0 rings (SSSR count). The van der Waals surface area contributed by atoms with E-state index in [-0.39, 0.29) is 11.9 Å². The Kier molecular flexibility index (Phi) is 8.19. The Morgan fingerprint density at radius 3 is 2.50 bits per heavy atom. The van der Waals surface area contributed by atoms with Crippen LogP contribution in [0.4, 0.5) is 0 Å². The lowest BCUT2D eigenvalue weighted by atomic mass is 9.99. The van der Waals surface area contributed by atoms with Crippen molar-refractivity contribution in [2.45, 2.75) is 46.0 Å². The molecule has 0 amide bonds. The van der Waals surface area contributed by atoms with Gasteiger partial charge in [0.1, 0.15) is 0 Å². The largest absolute Gasteiger partial charge is 0.466 e. The number of rotatable bonds is 8. The van der Waals surface area contributed by atoms with Gasteiger partial charge in [-0.05, 0) is 19.3 Å². The molecule has 0 aromatic carbocycles. The third-order valence-electron chi connectivity index (χ3n) is 2.08. The molecule has 1 unspecified atom stereocenters. The van der Waals surface area contributed by atoms with E-state index in [4.69, 9.17) is 4.74 Å². The minimum absolute atomic E-state index is 0.0190. The molecule has 0 saturated heterocycles. The third kappa shape index (κ3) is 7.77. The molecule has 0 heterocycles. The highest BCUT2D eigenvalue weighted by atomic mass is 16.5. The minimum Gasteiger partial charge on any atom is -0.466 e. The van der Waals surface area contributed by atoms with Crippen LogP contribution < -0.4 is 0 Å². The van der Waals surface area contributed by atoms with Gasteiger partial charge in [-0.2, -0.15) is 0 Å². The van der Waals surface area contributed by atoms with E-state index in [1.54, 1.807) is 0 Å². The zero-order chi connectivity index (χ0) is 10.8. The highest BCUT2D eigenvalue weighted by Gasteiger charge is 2.07. The lowest BCUT2D eigenvalue weighted by Crippen LogP contribution is -2.06. The summed E-state index contributed by atoms with van der Waals surface area (Å²) in [6.45, 7) is 3.90. The van der Waals surface area contributed by atoms with E-state index in [0.717, 1.165) is 32.1 Å². The molecule has 1 atom stereocenters. The molecule has 0 aromatic rings. The fourth-order valence-electron chi connectivity index (χ4n) is 1.26. The zero-order valence-corrected chi connectivity index (χ0v) is 9.04. The number of carbonyl (C=O) groups is 1. The fraction of sp³-hybridized carbons (Fsp3) is 0.818. The maximum Gasteiger partial charge on any atom is 0.302 e. The van der Waals surface area contributed by atoms with E-state index in [9.17, 15) is 9.59 Å². The van der Waals surface area contributed by atoms with Crippen molar-refractivity contribution in [3.8, 4) is 0 Å². The number of carbonyl (C=O) groups excluding carboxylic acids is 2. The molecule has 0 N–H and O–H groups in total. The van der Waals surface area contributed by atoms with Crippen LogP contribution in [-0.4, -0.2) is 18.9 Å². The average Bonchev–Trinajstić information content (AvgIpc) is 2.16. The number of esters is 1. The van der Waals surface area contributed by atoms with Crippen molar-refractivity contribution in [1.29, 1.82) is 0 Å². The van der Waals surface area contributed by atoms with Crippen molar-refractivity contribution in [2.24, 2.45) is 5.92 Å². The molecular formula is C11H19O3. The molecule has 0 aliphatic carbocycles. The van der Waals surface area contributed by atoms with Crippen LogP contribution in [0.2, 0.25) is 0 Å². The first-order valence-electron chi connectivity index (χ1n) is 5.21. The summed E-state index contributed by atoms with van der Waals surface area (Å²) in [5.74, 6) is -0.240. The van der Waals surface area contributed by atoms with Gasteiger partial charge in [-0.3, -0.25) is 9.59 Å². The van der Waals surface area contributed by atoms with Crippen molar-refractivity contribution in [2.75, 3.05) is 6.61 Å². The zero-order valence-electron chi connectivity index (χ0n) is 9.04. The Morgan fingerprint density at radius 1 is 1.36 bits per heavy atom. The number of unbranched alkanes of at least 4 members (excludes halogenated alkanes) is 1. The molecule has 0 spiro atoms. The first kappa shape index (κ1) is 13.1. The van der Waals surface area contributed by atoms with Gasteiger partial charge in [0.05, 0.1) is 6.61 Å².